The minimum Gasteiger partial charge on any atom is -0.489 e. The highest BCUT2D eigenvalue weighted by molar-refractivity contribution is 9.10. The third kappa shape index (κ3) is 6.21. The van der Waals surface area contributed by atoms with Gasteiger partial charge in [-0.1, -0.05) is 46.3 Å². The molecule has 0 aliphatic carbocycles. The van der Waals surface area contributed by atoms with Gasteiger partial charge in [0, 0.05) is 35.7 Å². The number of carboxylic acids is 1. The monoisotopic (exact) mass is 538 g/mol. The average molecular weight is 539 g/mol. The van der Waals surface area contributed by atoms with E-state index in [9.17, 15) is 14.7 Å². The quantitative estimate of drug-likeness (QED) is 0.429. The number of carbonyl (C=O) groups is 2. The Morgan fingerprint density at radius 3 is 2.49 bits per heavy atom. The molecule has 1 aliphatic rings. The van der Waals surface area contributed by atoms with E-state index in [-0.39, 0.29) is 18.0 Å². The Labute approximate surface area is 213 Å². The maximum Gasteiger partial charge on any atom is 0.337 e. The molecule has 0 atom stereocenters. The number of amides is 1. The van der Waals surface area contributed by atoms with E-state index in [0.29, 0.717) is 50.0 Å². The lowest BCUT2D eigenvalue weighted by molar-refractivity contribution is -0.116. The summed E-state index contributed by atoms with van der Waals surface area (Å²) in [6.45, 7) is 4.44. The first-order chi connectivity index (χ1) is 16.9. The topological polar surface area (TPSA) is 79.3 Å². The van der Waals surface area contributed by atoms with Crippen LogP contribution in [0.2, 0.25) is 0 Å². The fourth-order valence-electron chi connectivity index (χ4n) is 4.05. The number of hydrogen-bond acceptors (Lipinski definition) is 5. The largest absolute Gasteiger partial charge is 0.489 e. The van der Waals surface area contributed by atoms with E-state index in [0.717, 1.165) is 15.6 Å². The van der Waals surface area contributed by atoms with Gasteiger partial charge < -0.3 is 24.4 Å². The van der Waals surface area contributed by atoms with Gasteiger partial charge in [-0.3, -0.25) is 4.79 Å². The number of morpholine rings is 1. The Bertz CT molecular complexity index is 1200. The molecule has 3 aromatic carbocycles. The summed E-state index contributed by atoms with van der Waals surface area (Å²) in [5, 5.41) is 9.90. The van der Waals surface area contributed by atoms with Crippen LogP contribution in [-0.2, 0) is 22.7 Å². The number of carboxylic acid groups (broad SMARTS) is 1. The van der Waals surface area contributed by atoms with Crippen LogP contribution in [0.15, 0.2) is 71.2 Å². The molecule has 0 unspecified atom stereocenters. The second kappa shape index (κ2) is 11.4. The minimum atomic E-state index is -1.04. The lowest BCUT2D eigenvalue weighted by Crippen LogP contribution is -2.37. The number of benzene rings is 3. The summed E-state index contributed by atoms with van der Waals surface area (Å²) in [5.41, 5.74) is 3.14. The van der Waals surface area contributed by atoms with Crippen LogP contribution in [0.4, 0.5) is 11.4 Å². The smallest absolute Gasteiger partial charge is 0.337 e. The third-order valence-corrected chi connectivity index (χ3v) is 6.34. The molecule has 0 bridgehead atoms. The second-order valence-electron chi connectivity index (χ2n) is 8.24. The van der Waals surface area contributed by atoms with Crippen molar-refractivity contribution in [3.8, 4) is 5.75 Å². The van der Waals surface area contributed by atoms with E-state index in [1.165, 1.54) is 6.92 Å². The van der Waals surface area contributed by atoms with Gasteiger partial charge in [0.25, 0.3) is 0 Å². The molecule has 8 heteroatoms. The highest BCUT2D eigenvalue weighted by Crippen LogP contribution is 2.31. The van der Waals surface area contributed by atoms with Gasteiger partial charge in [0.2, 0.25) is 5.91 Å². The van der Waals surface area contributed by atoms with Crippen molar-refractivity contribution in [2.75, 3.05) is 36.1 Å². The normalized spacial score (nSPS) is 13.4. The van der Waals surface area contributed by atoms with Crippen molar-refractivity contribution in [3.05, 3.63) is 87.9 Å². The zero-order chi connectivity index (χ0) is 24.8. The summed E-state index contributed by atoms with van der Waals surface area (Å²) in [5.74, 6) is -0.577. The SMILES string of the molecule is CC(=O)N(Cc1cc(Br)ccc1OCc1ccccc1)c1ccc(N2CCOCC2)c(C(=O)O)c1. The Balaban J connectivity index is 1.62. The Hall–Kier alpha value is -3.36. The van der Waals surface area contributed by atoms with Crippen LogP contribution in [0.25, 0.3) is 0 Å². The van der Waals surface area contributed by atoms with Crippen LogP contribution in [0.3, 0.4) is 0 Å². The molecule has 1 saturated heterocycles. The van der Waals surface area contributed by atoms with Gasteiger partial charge in [-0.25, -0.2) is 4.79 Å². The van der Waals surface area contributed by atoms with Crippen LogP contribution in [0.5, 0.6) is 5.75 Å². The van der Waals surface area contributed by atoms with Gasteiger partial charge in [0.05, 0.1) is 31.0 Å². The van der Waals surface area contributed by atoms with Gasteiger partial charge >= 0.3 is 5.97 Å². The summed E-state index contributed by atoms with van der Waals surface area (Å²) in [6, 6.07) is 20.6. The molecule has 35 heavy (non-hydrogen) atoms. The van der Waals surface area contributed by atoms with E-state index >= 15 is 0 Å². The molecular weight excluding hydrogens is 512 g/mol. The Morgan fingerprint density at radius 2 is 1.80 bits per heavy atom. The first-order valence-electron chi connectivity index (χ1n) is 11.4. The molecular formula is C27H27BrN2O5. The molecule has 1 fully saturated rings. The van der Waals surface area contributed by atoms with Crippen LogP contribution < -0.4 is 14.5 Å². The lowest BCUT2D eigenvalue weighted by Gasteiger charge is -2.31. The summed E-state index contributed by atoms with van der Waals surface area (Å²) < 4.78 is 12.3. The number of ether oxygens (including phenoxy) is 2. The Kier molecular flexibility index (Phi) is 8.05. The van der Waals surface area contributed by atoms with Gasteiger partial charge in [0.15, 0.2) is 0 Å². The number of anilines is 2. The van der Waals surface area contributed by atoms with Crippen molar-refractivity contribution in [2.45, 2.75) is 20.1 Å². The molecule has 1 N–H and O–H groups in total. The second-order valence-corrected chi connectivity index (χ2v) is 9.15. The molecule has 0 spiro atoms. The van der Waals surface area contributed by atoms with E-state index < -0.39 is 5.97 Å². The standard InChI is InChI=1S/C27H27BrN2O5/c1-19(31)30(23-8-9-25(24(16-23)27(32)33)29-11-13-34-14-12-29)17-21-15-22(28)7-10-26(21)35-18-20-5-3-2-4-6-20/h2-10,15-16H,11-14,17-18H2,1H3,(H,32,33). The van der Waals surface area contributed by atoms with E-state index in [1.54, 1.807) is 23.1 Å². The van der Waals surface area contributed by atoms with Crippen molar-refractivity contribution >= 4 is 39.2 Å². The lowest BCUT2D eigenvalue weighted by atomic mass is 10.1. The number of nitrogens with zero attached hydrogens (tertiary/aromatic N) is 2. The van der Waals surface area contributed by atoms with E-state index in [2.05, 4.69) is 15.9 Å². The highest BCUT2D eigenvalue weighted by atomic mass is 79.9. The van der Waals surface area contributed by atoms with Crippen molar-refractivity contribution in [1.82, 2.24) is 0 Å². The van der Waals surface area contributed by atoms with Crippen LogP contribution in [0, 0.1) is 0 Å². The average Bonchev–Trinajstić information content (AvgIpc) is 2.87. The number of aromatic carboxylic acids is 1. The van der Waals surface area contributed by atoms with Crippen molar-refractivity contribution < 1.29 is 24.2 Å². The van der Waals surface area contributed by atoms with Crippen LogP contribution in [-0.4, -0.2) is 43.3 Å². The zero-order valence-electron chi connectivity index (χ0n) is 19.4. The number of halogens is 1. The van der Waals surface area contributed by atoms with Gasteiger partial charge in [-0.2, -0.15) is 0 Å². The van der Waals surface area contributed by atoms with E-state index in [1.807, 2.05) is 53.4 Å². The molecule has 4 rings (SSSR count). The fourth-order valence-corrected chi connectivity index (χ4v) is 4.45. The highest BCUT2D eigenvalue weighted by Gasteiger charge is 2.22. The van der Waals surface area contributed by atoms with E-state index in [4.69, 9.17) is 9.47 Å². The maximum absolute atomic E-state index is 12.7. The summed E-state index contributed by atoms with van der Waals surface area (Å²) >= 11 is 3.51. The van der Waals surface area contributed by atoms with Gasteiger partial charge in [-0.05, 0) is 42.0 Å². The maximum atomic E-state index is 12.7. The zero-order valence-corrected chi connectivity index (χ0v) is 21.0. The van der Waals surface area contributed by atoms with Gasteiger partial charge in [-0.15, -0.1) is 0 Å². The molecule has 1 heterocycles. The molecule has 1 amide bonds. The van der Waals surface area contributed by atoms with Crippen molar-refractivity contribution in [1.29, 1.82) is 0 Å². The number of rotatable bonds is 8. The first-order valence-corrected chi connectivity index (χ1v) is 12.1. The number of carbonyl (C=O) groups excluding carboxylic acids is 1. The van der Waals surface area contributed by atoms with Gasteiger partial charge in [0.1, 0.15) is 12.4 Å². The Morgan fingerprint density at radius 1 is 1.06 bits per heavy atom. The summed E-state index contributed by atoms with van der Waals surface area (Å²) in [7, 11) is 0. The third-order valence-electron chi connectivity index (χ3n) is 5.84. The molecule has 0 radical (unpaired) electrons. The van der Waals surface area contributed by atoms with Crippen LogP contribution >= 0.6 is 15.9 Å². The molecule has 182 valence electrons. The van der Waals surface area contributed by atoms with Crippen molar-refractivity contribution in [2.24, 2.45) is 0 Å². The number of hydrogen-bond donors (Lipinski definition) is 1. The molecule has 3 aromatic rings. The van der Waals surface area contributed by atoms with Crippen LogP contribution in [0.1, 0.15) is 28.4 Å². The summed E-state index contributed by atoms with van der Waals surface area (Å²) in [4.78, 5) is 28.4. The molecule has 7 nitrogen and oxygen atoms in total. The first kappa shape index (κ1) is 24.8. The predicted molar refractivity (Wildman–Crippen MR) is 138 cm³/mol. The van der Waals surface area contributed by atoms with Crippen molar-refractivity contribution in [3.63, 3.8) is 0 Å². The summed E-state index contributed by atoms with van der Waals surface area (Å²) in [6.07, 6.45) is 0. The fraction of sp³-hybridized carbons (Fsp3) is 0.259. The molecule has 0 aromatic heterocycles. The predicted octanol–water partition coefficient (Wildman–Crippen LogP) is 5.12. The molecule has 0 saturated carbocycles. The minimum absolute atomic E-state index is 0.158. The molecule has 1 aliphatic heterocycles.